The number of hydrogen-bond acceptors (Lipinski definition) is 7. The van der Waals surface area contributed by atoms with E-state index in [9.17, 15) is 14.4 Å². The molecule has 0 spiro atoms. The lowest BCUT2D eigenvalue weighted by molar-refractivity contribution is -0.196. The van der Waals surface area contributed by atoms with E-state index in [2.05, 4.69) is 19.9 Å². The smallest absolute Gasteiger partial charge is 0.316 e. The minimum absolute atomic E-state index is 0.0217. The summed E-state index contributed by atoms with van der Waals surface area (Å²) < 4.78 is 23.5. The molecule has 3 fully saturated rings. The van der Waals surface area contributed by atoms with Crippen LogP contribution in [0.15, 0.2) is 41.2 Å². The van der Waals surface area contributed by atoms with Gasteiger partial charge < -0.3 is 18.6 Å². The van der Waals surface area contributed by atoms with Gasteiger partial charge in [-0.25, -0.2) is 0 Å². The topological polar surface area (TPSA) is 92.0 Å². The third-order valence-corrected chi connectivity index (χ3v) is 10.1. The van der Waals surface area contributed by atoms with Crippen LogP contribution in [0.25, 0.3) is 5.57 Å². The van der Waals surface area contributed by atoms with E-state index in [0.717, 1.165) is 17.6 Å². The molecule has 2 saturated heterocycles. The van der Waals surface area contributed by atoms with Crippen molar-refractivity contribution in [1.82, 2.24) is 0 Å². The first-order valence-electron chi connectivity index (χ1n) is 12.0. The molecule has 3 aliphatic carbocycles. The van der Waals surface area contributed by atoms with Gasteiger partial charge in [-0.3, -0.25) is 14.4 Å². The van der Waals surface area contributed by atoms with Gasteiger partial charge in [0.2, 0.25) is 0 Å². The second-order valence-electron chi connectivity index (χ2n) is 11.4. The minimum atomic E-state index is -0.979. The van der Waals surface area contributed by atoms with Crippen LogP contribution in [-0.4, -0.2) is 42.6 Å². The number of hydrogen-bond donors (Lipinski definition) is 0. The van der Waals surface area contributed by atoms with Gasteiger partial charge in [0.05, 0.1) is 30.7 Å². The van der Waals surface area contributed by atoms with Gasteiger partial charge in [0.1, 0.15) is 12.2 Å². The molecule has 6 rings (SSSR count). The Bertz CT molecular complexity index is 1160. The second kappa shape index (κ2) is 6.51. The van der Waals surface area contributed by atoms with Gasteiger partial charge in [-0.2, -0.15) is 0 Å². The largest absolute Gasteiger partial charge is 0.472 e. The molecule has 0 amide bonds. The van der Waals surface area contributed by atoms with Crippen molar-refractivity contribution < 1.29 is 33.0 Å². The molecule has 1 aromatic heterocycles. The maximum atomic E-state index is 13.7. The van der Waals surface area contributed by atoms with Crippen LogP contribution in [0.3, 0.4) is 0 Å². The molecule has 1 aromatic rings. The zero-order valence-electron chi connectivity index (χ0n) is 20.1. The molecule has 3 unspecified atom stereocenters. The van der Waals surface area contributed by atoms with Crippen molar-refractivity contribution in [2.24, 2.45) is 34.0 Å². The highest BCUT2D eigenvalue weighted by molar-refractivity contribution is 6.00. The van der Waals surface area contributed by atoms with Crippen molar-refractivity contribution in [1.29, 1.82) is 0 Å². The van der Waals surface area contributed by atoms with Crippen LogP contribution in [0.1, 0.15) is 46.1 Å². The number of methoxy groups -OCH3 is 1. The maximum absolute atomic E-state index is 13.7. The number of ether oxygens (including phenoxy) is 3. The molecule has 34 heavy (non-hydrogen) atoms. The first kappa shape index (κ1) is 21.8. The van der Waals surface area contributed by atoms with E-state index >= 15 is 0 Å². The summed E-state index contributed by atoms with van der Waals surface area (Å²) >= 11 is 0. The van der Waals surface area contributed by atoms with Crippen LogP contribution in [-0.2, 0) is 28.6 Å². The second-order valence-corrected chi connectivity index (χ2v) is 11.4. The summed E-state index contributed by atoms with van der Waals surface area (Å²) in [6, 6.07) is 1.92. The molecule has 9 atom stereocenters. The van der Waals surface area contributed by atoms with Gasteiger partial charge in [0, 0.05) is 34.7 Å². The maximum Gasteiger partial charge on any atom is 0.316 e. The molecular formula is C27H30O7. The van der Waals surface area contributed by atoms with Gasteiger partial charge in [0.15, 0.2) is 5.78 Å². The van der Waals surface area contributed by atoms with Crippen LogP contribution in [0, 0.1) is 34.0 Å². The summed E-state index contributed by atoms with van der Waals surface area (Å²) in [6.07, 6.45) is 8.49. The summed E-state index contributed by atoms with van der Waals surface area (Å²) in [5.41, 5.74) is -1.24. The zero-order valence-corrected chi connectivity index (χ0v) is 20.1. The fourth-order valence-corrected chi connectivity index (χ4v) is 8.57. The average molecular weight is 467 g/mol. The van der Waals surface area contributed by atoms with Crippen LogP contribution in [0.2, 0.25) is 0 Å². The Morgan fingerprint density at radius 3 is 2.65 bits per heavy atom. The van der Waals surface area contributed by atoms with E-state index < -0.39 is 45.9 Å². The highest BCUT2D eigenvalue weighted by Crippen LogP contribution is 2.73. The van der Waals surface area contributed by atoms with E-state index in [0.29, 0.717) is 0 Å². The Kier molecular flexibility index (Phi) is 4.18. The van der Waals surface area contributed by atoms with Crippen LogP contribution in [0.5, 0.6) is 0 Å². The summed E-state index contributed by atoms with van der Waals surface area (Å²) in [6.45, 7) is 7.95. The molecule has 0 radical (unpaired) electrons. The summed E-state index contributed by atoms with van der Waals surface area (Å²) in [5, 5.41) is 0. The molecular weight excluding hydrogens is 436 g/mol. The number of carbonyl (C=O) groups excluding carboxylic acids is 3. The number of ketones is 1. The van der Waals surface area contributed by atoms with Crippen molar-refractivity contribution in [2.45, 2.75) is 58.3 Å². The number of furan rings is 1. The molecule has 7 heteroatoms. The third-order valence-electron chi connectivity index (χ3n) is 10.1. The zero-order chi connectivity index (χ0) is 24.3. The van der Waals surface area contributed by atoms with Gasteiger partial charge >= 0.3 is 11.9 Å². The van der Waals surface area contributed by atoms with Crippen LogP contribution < -0.4 is 0 Å². The molecule has 0 aromatic carbocycles. The summed E-state index contributed by atoms with van der Waals surface area (Å²) in [4.78, 5) is 39.7. The third kappa shape index (κ3) is 2.25. The molecule has 0 bridgehead atoms. The standard InChI is InChI=1S/C27H30O7/c1-24-10-8-18(28)26(3)17(12-19(29)31-5)25(2)16-7-6-15(14-9-11-32-13-14)27(16,4)34-22(25)20(21(24)26)33-23(24)30/h6,8-11,13,16-17,20-22H,7,12H2,1-5H3/t16?,17-,20?,21?,22+,24+,25-,26-,27+/m0/s1. The Morgan fingerprint density at radius 1 is 1.21 bits per heavy atom. The Balaban J connectivity index is 1.56. The van der Waals surface area contributed by atoms with Gasteiger partial charge in [-0.15, -0.1) is 0 Å². The fourth-order valence-electron chi connectivity index (χ4n) is 8.57. The molecule has 7 nitrogen and oxygen atoms in total. The Hall–Kier alpha value is -2.67. The first-order chi connectivity index (χ1) is 16.0. The lowest BCUT2D eigenvalue weighted by atomic mass is 9.41. The predicted octanol–water partition coefficient (Wildman–Crippen LogP) is 3.73. The van der Waals surface area contributed by atoms with Crippen molar-refractivity contribution in [2.75, 3.05) is 7.11 Å². The quantitative estimate of drug-likeness (QED) is 0.627. The highest BCUT2D eigenvalue weighted by atomic mass is 16.6. The number of carbonyl (C=O) groups is 3. The normalized spacial score (nSPS) is 48.1. The molecule has 1 saturated carbocycles. The van der Waals surface area contributed by atoms with Crippen molar-refractivity contribution in [3.63, 3.8) is 0 Å². The van der Waals surface area contributed by atoms with E-state index in [1.54, 1.807) is 18.6 Å². The molecule has 5 aliphatic rings. The van der Waals surface area contributed by atoms with Gasteiger partial charge in [-0.1, -0.05) is 26.0 Å². The SMILES string of the molecule is COC(=O)C[C@H]1[C@]2(C)C3CC=C(c4ccoc4)[C@@]3(C)O[C@@H]2C2OC(=O)[C@]3(C)C=CC(=O)[C@@]1(C)C23. The number of fused-ring (bicyclic) bond motifs is 4. The van der Waals surface area contributed by atoms with Crippen molar-refractivity contribution >= 4 is 23.3 Å². The number of esters is 2. The van der Waals surface area contributed by atoms with Crippen LogP contribution >= 0.6 is 0 Å². The Morgan fingerprint density at radius 2 is 1.97 bits per heavy atom. The number of allylic oxidation sites excluding steroid dienone is 2. The van der Waals surface area contributed by atoms with E-state index in [-0.39, 0.29) is 30.1 Å². The molecule has 0 N–H and O–H groups in total. The van der Waals surface area contributed by atoms with Gasteiger partial charge in [0.25, 0.3) is 0 Å². The fraction of sp³-hybridized carbons (Fsp3) is 0.593. The average Bonchev–Trinajstić information content (AvgIpc) is 3.53. The van der Waals surface area contributed by atoms with E-state index in [1.165, 1.54) is 13.2 Å². The first-order valence-corrected chi connectivity index (χ1v) is 12.0. The lowest BCUT2D eigenvalue weighted by Crippen LogP contribution is -2.67. The van der Waals surface area contributed by atoms with Crippen molar-refractivity contribution in [3.8, 4) is 0 Å². The highest BCUT2D eigenvalue weighted by Gasteiger charge is 2.80. The Labute approximate surface area is 198 Å². The van der Waals surface area contributed by atoms with E-state index in [1.807, 2.05) is 19.9 Å². The van der Waals surface area contributed by atoms with Crippen molar-refractivity contribution in [3.05, 3.63) is 42.4 Å². The number of rotatable bonds is 3. The summed E-state index contributed by atoms with van der Waals surface area (Å²) in [5.74, 6) is -1.62. The van der Waals surface area contributed by atoms with Crippen LogP contribution in [0.4, 0.5) is 0 Å². The summed E-state index contributed by atoms with van der Waals surface area (Å²) in [7, 11) is 1.37. The predicted molar refractivity (Wildman–Crippen MR) is 120 cm³/mol. The van der Waals surface area contributed by atoms with E-state index in [4.69, 9.17) is 18.6 Å². The monoisotopic (exact) mass is 466 g/mol. The molecule has 180 valence electrons. The molecule has 3 heterocycles. The lowest BCUT2D eigenvalue weighted by Gasteiger charge is -2.60. The minimum Gasteiger partial charge on any atom is -0.472 e. The molecule has 2 aliphatic heterocycles. The van der Waals surface area contributed by atoms with Gasteiger partial charge in [-0.05, 0) is 43.9 Å².